The molecule has 0 N–H and O–H groups in total. The molecule has 1 aromatic rings. The Morgan fingerprint density at radius 2 is 1.94 bits per heavy atom. The van der Waals surface area contributed by atoms with E-state index < -0.39 is 5.92 Å². The van der Waals surface area contributed by atoms with Crippen molar-refractivity contribution in [1.29, 1.82) is 0 Å². The lowest BCUT2D eigenvalue weighted by atomic mass is 9.92. The van der Waals surface area contributed by atoms with Crippen LogP contribution in [0.5, 0.6) is 0 Å². The Bertz CT molecular complexity index is 374. The third kappa shape index (κ3) is 3.51. The van der Waals surface area contributed by atoms with Crippen molar-refractivity contribution in [2.75, 3.05) is 0 Å². The second-order valence-corrected chi connectivity index (χ2v) is 5.40. The maximum atomic E-state index is 14.2. The van der Waals surface area contributed by atoms with Gasteiger partial charge in [0.05, 0.1) is 0 Å². The number of alkyl halides is 2. The SMILES string of the molecule is CCc1c(Br)cccc1C(F)(F)CC(C)CC. The number of hydrogen-bond donors (Lipinski definition) is 0. The Labute approximate surface area is 111 Å². The van der Waals surface area contributed by atoms with Gasteiger partial charge >= 0.3 is 0 Å². The molecule has 0 aromatic heterocycles. The van der Waals surface area contributed by atoms with Crippen molar-refractivity contribution in [2.45, 2.75) is 46.0 Å². The molecule has 3 heteroatoms. The van der Waals surface area contributed by atoms with Gasteiger partial charge in [0.25, 0.3) is 5.92 Å². The van der Waals surface area contributed by atoms with Crippen molar-refractivity contribution in [2.24, 2.45) is 5.92 Å². The van der Waals surface area contributed by atoms with Crippen LogP contribution in [0, 0.1) is 5.92 Å². The van der Waals surface area contributed by atoms with Crippen molar-refractivity contribution in [3.05, 3.63) is 33.8 Å². The van der Waals surface area contributed by atoms with Gasteiger partial charge < -0.3 is 0 Å². The molecule has 0 radical (unpaired) electrons. The summed E-state index contributed by atoms with van der Waals surface area (Å²) in [7, 11) is 0. The van der Waals surface area contributed by atoms with Crippen LogP contribution in [0.25, 0.3) is 0 Å². The van der Waals surface area contributed by atoms with Crippen molar-refractivity contribution < 1.29 is 8.78 Å². The Hall–Kier alpha value is -0.440. The summed E-state index contributed by atoms with van der Waals surface area (Å²) in [5.41, 5.74) is 0.899. The van der Waals surface area contributed by atoms with Crippen molar-refractivity contribution in [3.63, 3.8) is 0 Å². The van der Waals surface area contributed by atoms with E-state index in [0.29, 0.717) is 6.42 Å². The standard InChI is InChI=1S/C14H19BrF2/c1-4-10(3)9-14(16,17)12-7-6-8-13(15)11(12)5-2/h6-8,10H,4-5,9H2,1-3H3. The molecular formula is C14H19BrF2. The zero-order valence-electron chi connectivity index (χ0n) is 10.6. The molecule has 0 fully saturated rings. The highest BCUT2D eigenvalue weighted by Crippen LogP contribution is 2.39. The van der Waals surface area contributed by atoms with E-state index in [-0.39, 0.29) is 17.9 Å². The first-order valence-corrected chi connectivity index (χ1v) is 6.87. The average molecular weight is 305 g/mol. The largest absolute Gasteiger partial charge is 0.273 e. The summed E-state index contributed by atoms with van der Waals surface area (Å²) in [6.45, 7) is 5.73. The summed E-state index contributed by atoms with van der Waals surface area (Å²) in [5.74, 6) is -2.70. The molecular weight excluding hydrogens is 286 g/mol. The monoisotopic (exact) mass is 304 g/mol. The van der Waals surface area contributed by atoms with E-state index in [0.717, 1.165) is 16.5 Å². The predicted molar refractivity (Wildman–Crippen MR) is 71.5 cm³/mol. The van der Waals surface area contributed by atoms with Crippen molar-refractivity contribution >= 4 is 15.9 Å². The van der Waals surface area contributed by atoms with E-state index in [9.17, 15) is 8.78 Å². The molecule has 17 heavy (non-hydrogen) atoms. The lowest BCUT2D eigenvalue weighted by Gasteiger charge is -2.23. The number of hydrogen-bond acceptors (Lipinski definition) is 0. The third-order valence-electron chi connectivity index (χ3n) is 3.17. The Morgan fingerprint density at radius 3 is 2.47 bits per heavy atom. The highest BCUT2D eigenvalue weighted by molar-refractivity contribution is 9.10. The molecule has 0 bridgehead atoms. The van der Waals surface area contributed by atoms with Crippen LogP contribution in [0.15, 0.2) is 22.7 Å². The summed E-state index contributed by atoms with van der Waals surface area (Å²) < 4.78 is 29.2. The van der Waals surface area contributed by atoms with Gasteiger partial charge in [0.1, 0.15) is 0 Å². The molecule has 0 nitrogen and oxygen atoms in total. The van der Waals surface area contributed by atoms with Gasteiger partial charge in [-0.05, 0) is 24.0 Å². The van der Waals surface area contributed by atoms with Crippen LogP contribution in [-0.2, 0) is 12.3 Å². The van der Waals surface area contributed by atoms with Crippen LogP contribution in [0.2, 0.25) is 0 Å². The summed E-state index contributed by atoms with van der Waals surface area (Å²) >= 11 is 3.35. The summed E-state index contributed by atoms with van der Waals surface area (Å²) in [6.07, 6.45) is 1.32. The summed E-state index contributed by atoms with van der Waals surface area (Å²) in [5, 5.41) is 0. The molecule has 1 atom stereocenters. The fourth-order valence-corrected chi connectivity index (χ4v) is 2.60. The minimum atomic E-state index is -2.73. The van der Waals surface area contributed by atoms with Crippen LogP contribution in [0.3, 0.4) is 0 Å². The van der Waals surface area contributed by atoms with Gasteiger partial charge in [0.2, 0.25) is 0 Å². The van der Waals surface area contributed by atoms with Gasteiger partial charge in [-0.25, -0.2) is 8.78 Å². The first-order valence-electron chi connectivity index (χ1n) is 6.08. The molecule has 0 amide bonds. The van der Waals surface area contributed by atoms with Gasteiger partial charge in [-0.2, -0.15) is 0 Å². The summed E-state index contributed by atoms with van der Waals surface area (Å²) in [6, 6.07) is 5.05. The zero-order valence-corrected chi connectivity index (χ0v) is 12.2. The van der Waals surface area contributed by atoms with Gasteiger partial charge in [-0.3, -0.25) is 0 Å². The number of benzene rings is 1. The normalized spacial score (nSPS) is 13.8. The van der Waals surface area contributed by atoms with Gasteiger partial charge in [-0.15, -0.1) is 0 Å². The van der Waals surface area contributed by atoms with Crippen LogP contribution < -0.4 is 0 Å². The van der Waals surface area contributed by atoms with Crippen LogP contribution in [0.1, 0.15) is 44.7 Å². The Balaban J connectivity index is 3.09. The van der Waals surface area contributed by atoms with Crippen molar-refractivity contribution in [1.82, 2.24) is 0 Å². The smallest absolute Gasteiger partial charge is 0.201 e. The Morgan fingerprint density at radius 1 is 1.29 bits per heavy atom. The second kappa shape index (κ2) is 5.94. The van der Waals surface area contributed by atoms with E-state index in [1.807, 2.05) is 26.8 Å². The molecule has 0 aliphatic rings. The molecule has 1 aromatic carbocycles. The zero-order chi connectivity index (χ0) is 13.1. The lowest BCUT2D eigenvalue weighted by Crippen LogP contribution is -2.19. The lowest BCUT2D eigenvalue weighted by molar-refractivity contribution is -0.0281. The maximum Gasteiger partial charge on any atom is 0.273 e. The quantitative estimate of drug-likeness (QED) is 0.670. The molecule has 0 aliphatic carbocycles. The highest BCUT2D eigenvalue weighted by Gasteiger charge is 2.35. The molecule has 1 unspecified atom stereocenters. The van der Waals surface area contributed by atoms with Gasteiger partial charge in [0.15, 0.2) is 0 Å². The van der Waals surface area contributed by atoms with Crippen LogP contribution >= 0.6 is 15.9 Å². The maximum absolute atomic E-state index is 14.2. The Kier molecular flexibility index (Phi) is 5.11. The van der Waals surface area contributed by atoms with E-state index in [1.54, 1.807) is 12.1 Å². The van der Waals surface area contributed by atoms with Gasteiger partial charge in [0, 0.05) is 16.5 Å². The fraction of sp³-hybridized carbons (Fsp3) is 0.571. The van der Waals surface area contributed by atoms with Gasteiger partial charge in [-0.1, -0.05) is 55.3 Å². The van der Waals surface area contributed by atoms with E-state index in [1.165, 1.54) is 0 Å². The fourth-order valence-electron chi connectivity index (χ4n) is 1.95. The highest BCUT2D eigenvalue weighted by atomic mass is 79.9. The second-order valence-electron chi connectivity index (χ2n) is 4.54. The molecule has 0 saturated carbocycles. The molecule has 0 heterocycles. The first-order chi connectivity index (χ1) is 7.92. The summed E-state index contributed by atoms with van der Waals surface area (Å²) in [4.78, 5) is 0. The minimum absolute atomic E-state index is 0.0358. The van der Waals surface area contributed by atoms with Crippen LogP contribution in [-0.4, -0.2) is 0 Å². The molecule has 96 valence electrons. The minimum Gasteiger partial charge on any atom is -0.201 e. The van der Waals surface area contributed by atoms with E-state index in [2.05, 4.69) is 15.9 Å². The number of halogens is 3. The van der Waals surface area contributed by atoms with Crippen LogP contribution in [0.4, 0.5) is 8.78 Å². The van der Waals surface area contributed by atoms with Crippen molar-refractivity contribution in [3.8, 4) is 0 Å². The third-order valence-corrected chi connectivity index (χ3v) is 3.91. The molecule has 1 rings (SSSR count). The molecule has 0 aliphatic heterocycles. The van der Waals surface area contributed by atoms with E-state index >= 15 is 0 Å². The molecule has 0 spiro atoms. The van der Waals surface area contributed by atoms with E-state index in [4.69, 9.17) is 0 Å². The average Bonchev–Trinajstić information content (AvgIpc) is 2.28. The number of rotatable bonds is 5. The predicted octanol–water partition coefficient (Wildman–Crippen LogP) is 5.54. The first kappa shape index (κ1) is 14.6. The molecule has 0 saturated heterocycles. The topological polar surface area (TPSA) is 0 Å².